The standard InChI is InChI=1S/C23H28N2O5.ClH/c1-28-20-12-17(13-21(29-2)22(20)30-3)19(26)15-25-11-7-10-18(25)23(27)24-14-16-8-5-4-6-9-16;/h4-6,8-9,12-13,18H,7,10-11,14-15H2,1-3H3,(H,24,27);1H/t18-;/m0./s1. The van der Waals surface area contributed by atoms with Crippen molar-refractivity contribution < 1.29 is 23.8 Å². The quantitative estimate of drug-likeness (QED) is 0.594. The Morgan fingerprint density at radius 1 is 1.03 bits per heavy atom. The Bertz CT molecular complexity index is 866. The lowest BCUT2D eigenvalue weighted by atomic mass is 10.1. The van der Waals surface area contributed by atoms with E-state index in [-0.39, 0.29) is 36.7 Å². The molecule has 8 heteroatoms. The van der Waals surface area contributed by atoms with E-state index in [1.54, 1.807) is 12.1 Å². The van der Waals surface area contributed by atoms with Gasteiger partial charge in [0.05, 0.1) is 33.9 Å². The maximum atomic E-state index is 13.0. The van der Waals surface area contributed by atoms with E-state index in [9.17, 15) is 9.59 Å². The number of hydrogen-bond donors (Lipinski definition) is 1. The van der Waals surface area contributed by atoms with E-state index in [1.165, 1.54) is 21.3 Å². The number of nitrogens with zero attached hydrogens (tertiary/aromatic N) is 1. The maximum Gasteiger partial charge on any atom is 0.237 e. The second-order valence-electron chi connectivity index (χ2n) is 7.17. The number of nitrogens with one attached hydrogen (secondary N) is 1. The monoisotopic (exact) mass is 448 g/mol. The van der Waals surface area contributed by atoms with E-state index in [4.69, 9.17) is 14.2 Å². The molecule has 0 unspecified atom stereocenters. The van der Waals surface area contributed by atoms with Gasteiger partial charge in [0.25, 0.3) is 0 Å². The van der Waals surface area contributed by atoms with E-state index in [1.807, 2.05) is 35.2 Å². The van der Waals surface area contributed by atoms with Crippen LogP contribution in [0.4, 0.5) is 0 Å². The van der Waals surface area contributed by atoms with Crippen molar-refractivity contribution in [1.82, 2.24) is 10.2 Å². The maximum absolute atomic E-state index is 13.0. The van der Waals surface area contributed by atoms with Crippen LogP contribution in [0.3, 0.4) is 0 Å². The summed E-state index contributed by atoms with van der Waals surface area (Å²) in [4.78, 5) is 27.6. The lowest BCUT2D eigenvalue weighted by Crippen LogP contribution is -2.44. The fraction of sp³-hybridized carbons (Fsp3) is 0.391. The van der Waals surface area contributed by atoms with Crippen LogP contribution in [0, 0.1) is 0 Å². The molecule has 168 valence electrons. The van der Waals surface area contributed by atoms with Crippen molar-refractivity contribution in [1.29, 1.82) is 0 Å². The van der Waals surface area contributed by atoms with Gasteiger partial charge < -0.3 is 19.5 Å². The van der Waals surface area contributed by atoms with Crippen LogP contribution in [-0.2, 0) is 11.3 Å². The van der Waals surface area contributed by atoms with Crippen molar-refractivity contribution in [3.8, 4) is 17.2 Å². The Balaban J connectivity index is 0.00000341. The molecule has 0 bridgehead atoms. The summed E-state index contributed by atoms with van der Waals surface area (Å²) in [6, 6.07) is 12.8. The van der Waals surface area contributed by atoms with E-state index in [0.717, 1.165) is 18.4 Å². The number of Topliss-reactive ketones (excluding diaryl/α,β-unsaturated/α-hetero) is 1. The molecule has 31 heavy (non-hydrogen) atoms. The first kappa shape index (κ1) is 24.5. The third kappa shape index (κ3) is 5.89. The van der Waals surface area contributed by atoms with E-state index < -0.39 is 0 Å². The zero-order valence-electron chi connectivity index (χ0n) is 18.1. The highest BCUT2D eigenvalue weighted by Crippen LogP contribution is 2.38. The van der Waals surface area contributed by atoms with Gasteiger partial charge in [-0.2, -0.15) is 0 Å². The minimum absolute atomic E-state index is 0. The molecule has 0 saturated carbocycles. The van der Waals surface area contributed by atoms with Gasteiger partial charge in [0.2, 0.25) is 11.7 Å². The highest BCUT2D eigenvalue weighted by atomic mass is 35.5. The normalized spacial score (nSPS) is 15.6. The minimum atomic E-state index is -0.306. The van der Waals surface area contributed by atoms with Gasteiger partial charge >= 0.3 is 0 Å². The SMILES string of the molecule is COc1cc(C(=O)CN2CCC[C@H]2C(=O)NCc2ccccc2)cc(OC)c1OC.Cl. The summed E-state index contributed by atoms with van der Waals surface area (Å²) in [6.07, 6.45) is 1.62. The van der Waals surface area contributed by atoms with E-state index in [2.05, 4.69) is 5.32 Å². The Hall–Kier alpha value is -2.77. The summed E-state index contributed by atoms with van der Waals surface area (Å²) in [5, 5.41) is 2.99. The number of ether oxygens (including phenoxy) is 3. The zero-order valence-corrected chi connectivity index (χ0v) is 18.9. The molecule has 0 aromatic heterocycles. The third-order valence-corrected chi connectivity index (χ3v) is 5.31. The Morgan fingerprint density at radius 2 is 1.68 bits per heavy atom. The number of likely N-dealkylation sites (tertiary alicyclic amines) is 1. The van der Waals surface area contributed by atoms with Gasteiger partial charge in [-0.25, -0.2) is 0 Å². The van der Waals surface area contributed by atoms with Crippen molar-refractivity contribution in [3.05, 3.63) is 53.6 Å². The first-order valence-electron chi connectivity index (χ1n) is 9.96. The molecule has 1 atom stereocenters. The summed E-state index contributed by atoms with van der Waals surface area (Å²) >= 11 is 0. The van der Waals surface area contributed by atoms with Crippen molar-refractivity contribution in [2.24, 2.45) is 0 Å². The average Bonchev–Trinajstić information content (AvgIpc) is 3.25. The van der Waals surface area contributed by atoms with Crippen LogP contribution in [0.5, 0.6) is 17.2 Å². The van der Waals surface area contributed by atoms with Gasteiger partial charge in [-0.15, -0.1) is 12.4 Å². The number of halogens is 1. The molecule has 1 saturated heterocycles. The Labute approximate surface area is 189 Å². The van der Waals surface area contributed by atoms with Gasteiger partial charge in [-0.1, -0.05) is 30.3 Å². The van der Waals surface area contributed by atoms with Gasteiger partial charge in [0.15, 0.2) is 17.3 Å². The molecule has 1 aliphatic heterocycles. The number of methoxy groups -OCH3 is 3. The largest absolute Gasteiger partial charge is 0.493 e. The summed E-state index contributed by atoms with van der Waals surface area (Å²) in [5.41, 5.74) is 1.50. The number of hydrogen-bond acceptors (Lipinski definition) is 6. The minimum Gasteiger partial charge on any atom is -0.493 e. The van der Waals surface area contributed by atoms with Crippen LogP contribution < -0.4 is 19.5 Å². The van der Waals surface area contributed by atoms with E-state index >= 15 is 0 Å². The van der Waals surface area contributed by atoms with Crippen molar-refractivity contribution >= 4 is 24.1 Å². The van der Waals surface area contributed by atoms with Crippen molar-refractivity contribution in [3.63, 3.8) is 0 Å². The van der Waals surface area contributed by atoms with Crippen molar-refractivity contribution in [2.45, 2.75) is 25.4 Å². The van der Waals surface area contributed by atoms with Crippen LogP contribution in [0.1, 0.15) is 28.8 Å². The molecular formula is C23H29ClN2O5. The molecular weight excluding hydrogens is 420 g/mol. The lowest BCUT2D eigenvalue weighted by molar-refractivity contribution is -0.125. The van der Waals surface area contributed by atoms with Gasteiger partial charge in [-0.05, 0) is 37.1 Å². The number of ketones is 1. The second kappa shape index (κ2) is 11.6. The van der Waals surface area contributed by atoms with Crippen LogP contribution in [-0.4, -0.2) is 57.1 Å². The second-order valence-corrected chi connectivity index (χ2v) is 7.17. The Kier molecular flexibility index (Phi) is 9.15. The average molecular weight is 449 g/mol. The molecule has 2 aromatic carbocycles. The fourth-order valence-electron chi connectivity index (χ4n) is 3.73. The molecule has 0 radical (unpaired) electrons. The van der Waals surface area contributed by atoms with E-state index in [0.29, 0.717) is 35.9 Å². The zero-order chi connectivity index (χ0) is 21.5. The molecule has 1 aliphatic rings. The van der Waals surface area contributed by atoms with Gasteiger partial charge in [0.1, 0.15) is 0 Å². The highest BCUT2D eigenvalue weighted by Gasteiger charge is 2.32. The molecule has 1 amide bonds. The number of benzene rings is 2. The lowest BCUT2D eigenvalue weighted by Gasteiger charge is -2.23. The van der Waals surface area contributed by atoms with Crippen LogP contribution in [0.15, 0.2) is 42.5 Å². The number of amides is 1. The summed E-state index contributed by atoms with van der Waals surface area (Å²) in [6.45, 7) is 1.34. The number of carbonyl (C=O) groups excluding carboxylic acids is 2. The Morgan fingerprint density at radius 3 is 2.26 bits per heavy atom. The van der Waals surface area contributed by atoms with Crippen LogP contribution >= 0.6 is 12.4 Å². The van der Waals surface area contributed by atoms with Crippen molar-refractivity contribution in [2.75, 3.05) is 34.4 Å². The van der Waals surface area contributed by atoms with Gasteiger partial charge in [0, 0.05) is 12.1 Å². The molecule has 0 spiro atoms. The molecule has 0 aliphatic carbocycles. The third-order valence-electron chi connectivity index (χ3n) is 5.31. The predicted molar refractivity (Wildman–Crippen MR) is 121 cm³/mol. The first-order valence-corrected chi connectivity index (χ1v) is 9.96. The molecule has 7 nitrogen and oxygen atoms in total. The molecule has 1 heterocycles. The molecule has 3 rings (SSSR count). The van der Waals surface area contributed by atoms with Crippen LogP contribution in [0.2, 0.25) is 0 Å². The molecule has 1 fully saturated rings. The summed E-state index contributed by atoms with van der Waals surface area (Å²) in [5.74, 6) is 1.15. The number of rotatable bonds is 9. The smallest absolute Gasteiger partial charge is 0.237 e. The topological polar surface area (TPSA) is 77.1 Å². The van der Waals surface area contributed by atoms with Gasteiger partial charge in [-0.3, -0.25) is 14.5 Å². The summed E-state index contributed by atoms with van der Waals surface area (Å²) in [7, 11) is 4.54. The molecule has 2 aromatic rings. The molecule has 1 N–H and O–H groups in total. The first-order chi connectivity index (χ1) is 14.6. The van der Waals surface area contributed by atoms with Crippen LogP contribution in [0.25, 0.3) is 0 Å². The predicted octanol–water partition coefficient (Wildman–Crippen LogP) is 3.10. The summed E-state index contributed by atoms with van der Waals surface area (Å²) < 4.78 is 16.0. The highest BCUT2D eigenvalue weighted by molar-refractivity contribution is 5.99. The fourth-order valence-corrected chi connectivity index (χ4v) is 3.73. The number of carbonyl (C=O) groups is 2.